The molecule has 0 radical (unpaired) electrons. The lowest BCUT2D eigenvalue weighted by atomic mass is 9.93. The van der Waals surface area contributed by atoms with Crippen molar-refractivity contribution in [3.8, 4) is 0 Å². The molecule has 9 nitrogen and oxygen atoms in total. The van der Waals surface area contributed by atoms with Gasteiger partial charge in [-0.1, -0.05) is 0 Å². The fraction of sp³-hybridized carbons (Fsp3) is 0.609. The van der Waals surface area contributed by atoms with E-state index in [4.69, 9.17) is 4.42 Å². The molecule has 5 rings (SSSR count). The number of anilines is 1. The van der Waals surface area contributed by atoms with E-state index in [-0.39, 0.29) is 12.3 Å². The first-order valence-corrected chi connectivity index (χ1v) is 11.8. The normalized spacial score (nSPS) is 23.6. The Balaban J connectivity index is 1.23. The molecule has 4 heterocycles. The van der Waals surface area contributed by atoms with Crippen LogP contribution in [0.15, 0.2) is 27.4 Å². The molecular weight excluding hydrogens is 410 g/mol. The highest BCUT2D eigenvalue weighted by Crippen LogP contribution is 2.29. The molecule has 0 spiro atoms. The van der Waals surface area contributed by atoms with Gasteiger partial charge >= 0.3 is 5.76 Å². The van der Waals surface area contributed by atoms with Gasteiger partial charge in [-0.2, -0.15) is 0 Å². The number of aromatic nitrogens is 1. The summed E-state index contributed by atoms with van der Waals surface area (Å²) in [5.74, 6) is -0.543. The molecule has 172 valence electrons. The number of rotatable bonds is 5. The molecule has 1 aromatic carbocycles. The Kier molecular flexibility index (Phi) is 6.01. The lowest BCUT2D eigenvalue weighted by molar-refractivity contribution is -0.135. The molecular formula is C23H31N5O4. The summed E-state index contributed by atoms with van der Waals surface area (Å²) in [5, 5.41) is 5.72. The summed E-state index contributed by atoms with van der Waals surface area (Å²) in [5.41, 5.74) is 2.12. The number of carbonyl (C=O) groups excluding carboxylic acids is 2. The minimum Gasteiger partial charge on any atom is -0.408 e. The largest absolute Gasteiger partial charge is 0.420 e. The molecule has 1 atom stereocenters. The molecule has 0 bridgehead atoms. The average Bonchev–Trinajstić information content (AvgIpc) is 3.13. The number of imide groups is 1. The first-order valence-electron chi connectivity index (χ1n) is 11.8. The molecule has 2 N–H and O–H groups in total. The van der Waals surface area contributed by atoms with Crippen molar-refractivity contribution in [2.45, 2.75) is 38.1 Å². The number of benzene rings is 1. The molecule has 2 amide bonds. The first-order chi connectivity index (χ1) is 15.6. The van der Waals surface area contributed by atoms with Crippen LogP contribution in [0.5, 0.6) is 0 Å². The van der Waals surface area contributed by atoms with Crippen LogP contribution in [0, 0.1) is 5.92 Å². The number of piperazine rings is 1. The van der Waals surface area contributed by atoms with Crippen molar-refractivity contribution in [2.75, 3.05) is 50.7 Å². The van der Waals surface area contributed by atoms with E-state index >= 15 is 0 Å². The predicted octanol–water partition coefficient (Wildman–Crippen LogP) is 1.08. The van der Waals surface area contributed by atoms with Crippen LogP contribution >= 0.6 is 0 Å². The van der Waals surface area contributed by atoms with Crippen LogP contribution in [-0.2, 0) is 9.59 Å². The van der Waals surface area contributed by atoms with Gasteiger partial charge in [-0.25, -0.2) is 4.79 Å². The van der Waals surface area contributed by atoms with Crippen molar-refractivity contribution in [3.05, 3.63) is 28.7 Å². The monoisotopic (exact) mass is 441 g/mol. The number of carbonyl (C=O) groups is 2. The number of amides is 2. The first kappa shape index (κ1) is 21.2. The van der Waals surface area contributed by atoms with Gasteiger partial charge in [-0.3, -0.25) is 19.5 Å². The second-order valence-corrected chi connectivity index (χ2v) is 9.17. The number of piperidine rings is 2. The highest BCUT2D eigenvalue weighted by molar-refractivity contribution is 6.00. The van der Waals surface area contributed by atoms with Crippen molar-refractivity contribution >= 4 is 28.6 Å². The van der Waals surface area contributed by atoms with Gasteiger partial charge in [0.25, 0.3) is 0 Å². The van der Waals surface area contributed by atoms with Gasteiger partial charge < -0.3 is 19.5 Å². The molecule has 0 aliphatic carbocycles. The Bertz CT molecular complexity index is 1050. The number of fused-ring (bicyclic) bond motifs is 1. The van der Waals surface area contributed by atoms with Gasteiger partial charge in [-0.15, -0.1) is 0 Å². The summed E-state index contributed by atoms with van der Waals surface area (Å²) in [6, 6.07) is 5.05. The highest BCUT2D eigenvalue weighted by atomic mass is 16.4. The van der Waals surface area contributed by atoms with Crippen molar-refractivity contribution in [1.29, 1.82) is 0 Å². The SMILES string of the molecule is O=C1CCC(n2c(=O)oc3cc(N4CCC(CCN5CCNCC5)CC4)ccc32)C(=O)N1. The van der Waals surface area contributed by atoms with Gasteiger partial charge in [0.15, 0.2) is 5.58 Å². The minimum absolute atomic E-state index is 0.219. The van der Waals surface area contributed by atoms with Crippen molar-refractivity contribution in [2.24, 2.45) is 5.92 Å². The Morgan fingerprint density at radius 3 is 2.53 bits per heavy atom. The van der Waals surface area contributed by atoms with Gasteiger partial charge in [0, 0.05) is 57.4 Å². The average molecular weight is 442 g/mol. The highest BCUT2D eigenvalue weighted by Gasteiger charge is 2.31. The summed E-state index contributed by atoms with van der Waals surface area (Å²) in [4.78, 5) is 41.1. The van der Waals surface area contributed by atoms with E-state index in [0.717, 1.165) is 50.9 Å². The van der Waals surface area contributed by atoms with E-state index in [0.29, 0.717) is 17.5 Å². The van der Waals surface area contributed by atoms with Gasteiger partial charge in [0.2, 0.25) is 11.8 Å². The molecule has 1 aromatic heterocycles. The summed E-state index contributed by atoms with van der Waals surface area (Å²) >= 11 is 0. The molecule has 3 aliphatic rings. The summed E-state index contributed by atoms with van der Waals surface area (Å²) in [6.45, 7) is 7.69. The lowest BCUT2D eigenvalue weighted by Gasteiger charge is -2.35. The van der Waals surface area contributed by atoms with Crippen LogP contribution in [0.2, 0.25) is 0 Å². The molecule has 3 aliphatic heterocycles. The summed E-state index contributed by atoms with van der Waals surface area (Å²) < 4.78 is 6.87. The third-order valence-corrected chi connectivity index (χ3v) is 7.16. The minimum atomic E-state index is -0.710. The maximum Gasteiger partial charge on any atom is 0.420 e. The van der Waals surface area contributed by atoms with E-state index in [1.54, 1.807) is 0 Å². The molecule has 0 saturated carbocycles. The van der Waals surface area contributed by atoms with Crippen LogP contribution < -0.4 is 21.3 Å². The maximum atomic E-state index is 12.5. The summed E-state index contributed by atoms with van der Waals surface area (Å²) in [6.07, 6.45) is 4.13. The van der Waals surface area contributed by atoms with Crippen LogP contribution in [0.4, 0.5) is 5.69 Å². The maximum absolute atomic E-state index is 12.5. The van der Waals surface area contributed by atoms with Gasteiger partial charge in [0.1, 0.15) is 6.04 Å². The third-order valence-electron chi connectivity index (χ3n) is 7.16. The molecule has 9 heteroatoms. The van der Waals surface area contributed by atoms with E-state index in [1.807, 2.05) is 18.2 Å². The molecule has 3 fully saturated rings. The zero-order valence-corrected chi connectivity index (χ0v) is 18.3. The fourth-order valence-corrected chi connectivity index (χ4v) is 5.23. The van der Waals surface area contributed by atoms with Gasteiger partial charge in [0.05, 0.1) is 5.52 Å². The Hall–Kier alpha value is -2.65. The molecule has 32 heavy (non-hydrogen) atoms. The number of nitrogens with one attached hydrogen (secondary N) is 2. The quantitative estimate of drug-likeness (QED) is 0.670. The number of oxazole rings is 1. The van der Waals surface area contributed by atoms with Crippen molar-refractivity contribution in [1.82, 2.24) is 20.1 Å². The second-order valence-electron chi connectivity index (χ2n) is 9.17. The zero-order chi connectivity index (χ0) is 22.1. The number of hydrogen-bond donors (Lipinski definition) is 2. The molecule has 1 unspecified atom stereocenters. The Labute approximate surface area is 186 Å². The van der Waals surface area contributed by atoms with Crippen LogP contribution in [0.1, 0.15) is 38.1 Å². The number of nitrogens with zero attached hydrogens (tertiary/aromatic N) is 3. The van der Waals surface area contributed by atoms with Gasteiger partial charge in [-0.05, 0) is 50.3 Å². The van der Waals surface area contributed by atoms with E-state index in [9.17, 15) is 14.4 Å². The molecule has 2 aromatic rings. The van der Waals surface area contributed by atoms with Crippen molar-refractivity contribution < 1.29 is 14.0 Å². The standard InChI is InChI=1S/C23H31N5O4/c29-21-4-3-19(22(30)25-21)28-18-2-1-17(15-20(18)32-23(28)31)27-11-6-16(7-12-27)5-10-26-13-8-24-9-14-26/h1-2,15-16,19,24H,3-14H2,(H,25,29,30). The third kappa shape index (κ3) is 4.31. The lowest BCUT2D eigenvalue weighted by Crippen LogP contribution is -2.44. The molecule has 3 saturated heterocycles. The summed E-state index contributed by atoms with van der Waals surface area (Å²) in [7, 11) is 0. The van der Waals surface area contributed by atoms with E-state index < -0.39 is 17.7 Å². The van der Waals surface area contributed by atoms with Crippen LogP contribution in [-0.4, -0.2) is 67.1 Å². The van der Waals surface area contributed by atoms with E-state index in [2.05, 4.69) is 20.4 Å². The van der Waals surface area contributed by atoms with Crippen LogP contribution in [0.3, 0.4) is 0 Å². The Morgan fingerprint density at radius 2 is 1.78 bits per heavy atom. The fourth-order valence-electron chi connectivity index (χ4n) is 5.23. The topological polar surface area (TPSA) is 99.8 Å². The number of hydrogen-bond acceptors (Lipinski definition) is 7. The van der Waals surface area contributed by atoms with E-state index in [1.165, 1.54) is 30.4 Å². The zero-order valence-electron chi connectivity index (χ0n) is 18.3. The predicted molar refractivity (Wildman–Crippen MR) is 121 cm³/mol. The smallest absolute Gasteiger partial charge is 0.408 e. The second kappa shape index (κ2) is 9.07. The van der Waals surface area contributed by atoms with Crippen molar-refractivity contribution in [3.63, 3.8) is 0 Å². The Morgan fingerprint density at radius 1 is 1.00 bits per heavy atom. The van der Waals surface area contributed by atoms with Crippen LogP contribution in [0.25, 0.3) is 11.1 Å².